The van der Waals surface area contributed by atoms with Crippen molar-refractivity contribution in [2.24, 2.45) is 5.41 Å². The van der Waals surface area contributed by atoms with Crippen LogP contribution in [-0.4, -0.2) is 17.3 Å². The van der Waals surface area contributed by atoms with E-state index in [4.69, 9.17) is 0 Å². The number of nitrogens with one attached hydrogen (secondary N) is 1. The highest BCUT2D eigenvalue weighted by Crippen LogP contribution is 2.32. The molecule has 1 unspecified atom stereocenters. The molecule has 0 aliphatic carbocycles. The molecule has 0 saturated heterocycles. The summed E-state index contributed by atoms with van der Waals surface area (Å²) in [5.74, 6) is -0.809. The molecule has 0 bridgehead atoms. The molecule has 1 amide bonds. The van der Waals surface area contributed by atoms with Crippen molar-refractivity contribution in [2.75, 3.05) is 5.32 Å². The van der Waals surface area contributed by atoms with Gasteiger partial charge in [0, 0.05) is 11.8 Å². The molecule has 3 nitrogen and oxygen atoms in total. The van der Waals surface area contributed by atoms with E-state index in [0.717, 1.165) is 5.56 Å². The molecule has 0 fully saturated rings. The third kappa shape index (κ3) is 4.68. The molecular weight excluding hydrogens is 365 g/mol. The van der Waals surface area contributed by atoms with Crippen molar-refractivity contribution in [1.82, 2.24) is 4.98 Å². The van der Waals surface area contributed by atoms with Crippen LogP contribution < -0.4 is 5.32 Å². The summed E-state index contributed by atoms with van der Waals surface area (Å²) in [6.45, 7) is 1.69. The van der Waals surface area contributed by atoms with Gasteiger partial charge in [-0.2, -0.15) is 0 Å². The molecule has 2 aromatic carbocycles. The normalized spacial score (nSPS) is 13.5. The van der Waals surface area contributed by atoms with Gasteiger partial charge in [0.15, 0.2) is 0 Å². The Balaban J connectivity index is 1.84. The number of anilines is 1. The molecule has 0 aliphatic heterocycles. The van der Waals surface area contributed by atoms with Crippen LogP contribution in [0.1, 0.15) is 25.3 Å². The zero-order valence-corrected chi connectivity index (χ0v) is 15.5. The Morgan fingerprint density at radius 3 is 2.61 bits per heavy atom. The summed E-state index contributed by atoms with van der Waals surface area (Å²) in [5.41, 5.74) is 0.493. The summed E-state index contributed by atoms with van der Waals surface area (Å²) >= 11 is 0. The van der Waals surface area contributed by atoms with E-state index in [-0.39, 0.29) is 24.3 Å². The first-order valence-electron chi connectivity index (χ1n) is 9.05. The molecule has 0 radical (unpaired) electrons. The molecule has 1 heterocycles. The average Bonchev–Trinajstić information content (AvgIpc) is 2.67. The lowest BCUT2D eigenvalue weighted by Crippen LogP contribution is -2.36. The molecule has 1 aromatic heterocycles. The maximum absolute atomic E-state index is 13.8. The highest BCUT2D eigenvalue weighted by atomic mass is 19.3. The molecule has 1 N–H and O–H groups in total. The van der Waals surface area contributed by atoms with E-state index in [0.29, 0.717) is 17.5 Å². The number of carbonyl (C=O) groups is 1. The van der Waals surface area contributed by atoms with Gasteiger partial charge in [0.1, 0.15) is 11.3 Å². The molecule has 0 aliphatic rings. The number of alkyl halides is 2. The fourth-order valence-corrected chi connectivity index (χ4v) is 3.23. The number of nitrogens with zero attached hydrogens (tertiary/aromatic N) is 1. The van der Waals surface area contributed by atoms with Crippen molar-refractivity contribution in [1.29, 1.82) is 0 Å². The van der Waals surface area contributed by atoms with Gasteiger partial charge in [0.25, 0.3) is 0 Å². The second kappa shape index (κ2) is 8.42. The van der Waals surface area contributed by atoms with Gasteiger partial charge in [0.2, 0.25) is 12.3 Å². The third-order valence-electron chi connectivity index (χ3n) is 4.82. The Bertz CT molecular complexity index is 962. The first-order chi connectivity index (χ1) is 13.4. The highest BCUT2D eigenvalue weighted by Gasteiger charge is 2.34. The Morgan fingerprint density at radius 2 is 1.89 bits per heavy atom. The largest absolute Gasteiger partial charge is 0.324 e. The van der Waals surface area contributed by atoms with E-state index >= 15 is 0 Å². The maximum Gasteiger partial charge on any atom is 0.238 e. The van der Waals surface area contributed by atoms with Crippen LogP contribution in [0.15, 0.2) is 60.8 Å². The summed E-state index contributed by atoms with van der Waals surface area (Å²) in [4.78, 5) is 17.1. The maximum atomic E-state index is 13.8. The predicted octanol–water partition coefficient (Wildman–Crippen LogP) is 5.61. The average molecular weight is 386 g/mol. The van der Waals surface area contributed by atoms with Crippen LogP contribution in [0, 0.1) is 11.2 Å². The molecule has 0 saturated carbocycles. The van der Waals surface area contributed by atoms with Crippen LogP contribution in [0.4, 0.5) is 18.9 Å². The van der Waals surface area contributed by atoms with Crippen LogP contribution in [0.2, 0.25) is 0 Å². The molecule has 6 heteroatoms. The Hall–Kier alpha value is -2.89. The number of pyridine rings is 1. The van der Waals surface area contributed by atoms with E-state index in [1.807, 2.05) is 30.3 Å². The second-order valence-electron chi connectivity index (χ2n) is 7.14. The van der Waals surface area contributed by atoms with Gasteiger partial charge in [-0.15, -0.1) is 0 Å². The molecule has 146 valence electrons. The fourth-order valence-electron chi connectivity index (χ4n) is 3.23. The Morgan fingerprint density at radius 1 is 1.14 bits per heavy atom. The van der Waals surface area contributed by atoms with Crippen molar-refractivity contribution in [3.63, 3.8) is 0 Å². The molecule has 1 atom stereocenters. The Kier molecular flexibility index (Phi) is 5.97. The van der Waals surface area contributed by atoms with Crippen LogP contribution in [0.5, 0.6) is 0 Å². The van der Waals surface area contributed by atoms with Gasteiger partial charge in [-0.3, -0.25) is 9.78 Å². The highest BCUT2D eigenvalue weighted by molar-refractivity contribution is 5.96. The quantitative estimate of drug-likeness (QED) is 0.574. The number of fused-ring (bicyclic) bond motifs is 1. The lowest BCUT2D eigenvalue weighted by molar-refractivity contribution is -0.125. The fraction of sp³-hybridized carbons (Fsp3) is 0.273. The SMILES string of the molecule is CC(CCC(F)F)(Cc1ccccc1)C(=O)Nc1cnc2c(F)cccc2c1. The second-order valence-corrected chi connectivity index (χ2v) is 7.14. The van der Waals surface area contributed by atoms with Gasteiger partial charge in [-0.05, 0) is 30.5 Å². The van der Waals surface area contributed by atoms with Crippen molar-refractivity contribution in [3.05, 3.63) is 72.2 Å². The van der Waals surface area contributed by atoms with Crippen LogP contribution in [-0.2, 0) is 11.2 Å². The number of halogens is 3. The zero-order chi connectivity index (χ0) is 20.1. The lowest BCUT2D eigenvalue weighted by Gasteiger charge is -2.28. The minimum atomic E-state index is -2.48. The number of aromatic nitrogens is 1. The molecule has 0 spiro atoms. The lowest BCUT2D eigenvalue weighted by atomic mass is 9.78. The smallest absolute Gasteiger partial charge is 0.238 e. The summed E-state index contributed by atoms with van der Waals surface area (Å²) in [6, 6.07) is 15.5. The Labute approximate surface area is 161 Å². The van der Waals surface area contributed by atoms with E-state index < -0.39 is 17.7 Å². The van der Waals surface area contributed by atoms with E-state index in [1.165, 1.54) is 12.3 Å². The van der Waals surface area contributed by atoms with Crippen LogP contribution in [0.3, 0.4) is 0 Å². The van der Waals surface area contributed by atoms with Crippen molar-refractivity contribution < 1.29 is 18.0 Å². The molecular formula is C22H21F3N2O. The summed E-state index contributed by atoms with van der Waals surface area (Å²) in [5, 5.41) is 3.32. The van der Waals surface area contributed by atoms with Gasteiger partial charge >= 0.3 is 0 Å². The van der Waals surface area contributed by atoms with E-state index in [1.54, 1.807) is 25.1 Å². The van der Waals surface area contributed by atoms with Crippen molar-refractivity contribution in [2.45, 2.75) is 32.6 Å². The number of benzene rings is 2. The van der Waals surface area contributed by atoms with Crippen LogP contribution >= 0.6 is 0 Å². The standard InChI is InChI=1S/C22H21F3N2O/c1-22(11-10-19(24)25,13-15-6-3-2-4-7-15)21(28)27-17-12-16-8-5-9-18(23)20(16)26-14-17/h2-9,12,14,19H,10-11,13H2,1H3,(H,27,28). The number of rotatable bonds is 7. The summed E-state index contributed by atoms with van der Waals surface area (Å²) in [6.07, 6.45) is -1.09. The van der Waals surface area contributed by atoms with Gasteiger partial charge < -0.3 is 5.32 Å². The summed E-state index contributed by atoms with van der Waals surface area (Å²) in [7, 11) is 0. The number of para-hydroxylation sites is 1. The van der Waals surface area contributed by atoms with Gasteiger partial charge in [-0.25, -0.2) is 13.2 Å². The first-order valence-corrected chi connectivity index (χ1v) is 9.05. The predicted molar refractivity (Wildman–Crippen MR) is 104 cm³/mol. The number of amides is 1. The van der Waals surface area contributed by atoms with Gasteiger partial charge in [-0.1, -0.05) is 49.4 Å². The number of hydrogen-bond acceptors (Lipinski definition) is 2. The van der Waals surface area contributed by atoms with Crippen molar-refractivity contribution >= 4 is 22.5 Å². The van der Waals surface area contributed by atoms with Crippen molar-refractivity contribution in [3.8, 4) is 0 Å². The first kappa shape index (κ1) is 19.9. The van der Waals surface area contributed by atoms with E-state index in [2.05, 4.69) is 10.3 Å². The molecule has 28 heavy (non-hydrogen) atoms. The van der Waals surface area contributed by atoms with Crippen LogP contribution in [0.25, 0.3) is 10.9 Å². The summed E-state index contributed by atoms with van der Waals surface area (Å²) < 4.78 is 39.4. The third-order valence-corrected chi connectivity index (χ3v) is 4.82. The molecule has 3 aromatic rings. The minimum absolute atomic E-state index is 0.0427. The monoisotopic (exact) mass is 386 g/mol. The molecule has 3 rings (SSSR count). The number of carbonyl (C=O) groups excluding carboxylic acids is 1. The zero-order valence-electron chi connectivity index (χ0n) is 15.5. The number of hydrogen-bond donors (Lipinski definition) is 1. The topological polar surface area (TPSA) is 42.0 Å². The van der Waals surface area contributed by atoms with E-state index in [9.17, 15) is 18.0 Å². The minimum Gasteiger partial charge on any atom is -0.324 e. The van der Waals surface area contributed by atoms with Gasteiger partial charge in [0.05, 0.1) is 17.3 Å².